The van der Waals surface area contributed by atoms with Crippen LogP contribution >= 0.6 is 0 Å². The van der Waals surface area contributed by atoms with Crippen LogP contribution in [-0.2, 0) is 9.59 Å². The Morgan fingerprint density at radius 3 is 1.49 bits per heavy atom. The van der Waals surface area contributed by atoms with Gasteiger partial charge in [0, 0.05) is 37.7 Å². The molecule has 0 saturated carbocycles. The molecular weight excluding hydrogens is 460 g/mol. The SMILES string of the molecule is CC.CCCCCNC(=O)CCCCCCNC(C)C.CCCCNC(=O)CCCCCCCNCC.[HH].[HH].[HH].[HH]. The molecule has 0 saturated heterocycles. The number of carbonyl (C=O) groups is 2. The third kappa shape index (κ3) is 42.2. The molecule has 0 bridgehead atoms. The lowest BCUT2D eigenvalue weighted by Gasteiger charge is -2.07. The highest BCUT2D eigenvalue weighted by Gasteiger charge is 2.01. The lowest BCUT2D eigenvalue weighted by molar-refractivity contribution is -0.122. The van der Waals surface area contributed by atoms with Crippen molar-refractivity contribution in [2.24, 2.45) is 0 Å². The Morgan fingerprint density at radius 2 is 1.00 bits per heavy atom. The Hall–Kier alpha value is -1.14. The van der Waals surface area contributed by atoms with Crippen molar-refractivity contribution in [3.63, 3.8) is 0 Å². The van der Waals surface area contributed by atoms with Gasteiger partial charge in [0.1, 0.15) is 0 Å². The van der Waals surface area contributed by atoms with E-state index in [2.05, 4.69) is 55.9 Å². The van der Waals surface area contributed by atoms with Crippen molar-refractivity contribution in [3.05, 3.63) is 0 Å². The number of amides is 2. The average molecular weight is 537 g/mol. The molecule has 0 unspecified atom stereocenters. The maximum absolute atomic E-state index is 11.5. The lowest BCUT2D eigenvalue weighted by atomic mass is 10.1. The Kier molecular flexibility index (Phi) is 40.4. The fraction of sp³-hybridized carbons (Fsp3) is 0.935. The highest BCUT2D eigenvalue weighted by Crippen LogP contribution is 2.05. The molecule has 0 atom stereocenters. The molecule has 37 heavy (non-hydrogen) atoms. The first-order valence-corrected chi connectivity index (χ1v) is 15.9. The van der Waals surface area contributed by atoms with E-state index < -0.39 is 0 Å². The normalized spacial score (nSPS) is 10.3. The number of nitrogens with one attached hydrogen (secondary N) is 4. The van der Waals surface area contributed by atoms with Gasteiger partial charge in [-0.15, -0.1) is 0 Å². The smallest absolute Gasteiger partial charge is 0.219 e. The van der Waals surface area contributed by atoms with Crippen molar-refractivity contribution < 1.29 is 15.3 Å². The quantitative estimate of drug-likeness (QED) is 0.0939. The lowest BCUT2D eigenvalue weighted by Crippen LogP contribution is -2.24. The van der Waals surface area contributed by atoms with E-state index >= 15 is 0 Å². The summed E-state index contributed by atoms with van der Waals surface area (Å²) in [6.45, 7) is 19.8. The van der Waals surface area contributed by atoms with E-state index in [9.17, 15) is 9.59 Å². The molecule has 0 aromatic heterocycles. The molecule has 0 rings (SSSR count). The number of hydrogen-bond acceptors (Lipinski definition) is 4. The summed E-state index contributed by atoms with van der Waals surface area (Å²) in [5.41, 5.74) is 0. The Labute approximate surface area is 238 Å². The Morgan fingerprint density at radius 1 is 0.568 bits per heavy atom. The maximum atomic E-state index is 11.5. The fourth-order valence-corrected chi connectivity index (χ4v) is 3.58. The molecule has 2 amide bonds. The third-order valence-electron chi connectivity index (χ3n) is 5.85. The van der Waals surface area contributed by atoms with E-state index in [0.717, 1.165) is 64.8 Å². The van der Waals surface area contributed by atoms with Crippen LogP contribution in [0.5, 0.6) is 0 Å². The first-order chi connectivity index (χ1) is 18.0. The second-order valence-electron chi connectivity index (χ2n) is 9.90. The van der Waals surface area contributed by atoms with Crippen LogP contribution in [-0.4, -0.2) is 50.6 Å². The Bertz CT molecular complexity index is 464. The van der Waals surface area contributed by atoms with Crippen LogP contribution in [0.25, 0.3) is 0 Å². The molecule has 0 fully saturated rings. The topological polar surface area (TPSA) is 82.3 Å². The van der Waals surface area contributed by atoms with Gasteiger partial charge in [-0.2, -0.15) is 0 Å². The summed E-state index contributed by atoms with van der Waals surface area (Å²) in [5, 5.41) is 12.7. The van der Waals surface area contributed by atoms with Gasteiger partial charge < -0.3 is 21.3 Å². The number of hydrogen-bond donors (Lipinski definition) is 4. The molecule has 232 valence electrons. The van der Waals surface area contributed by atoms with Crippen molar-refractivity contribution in [1.29, 1.82) is 0 Å². The van der Waals surface area contributed by atoms with Crippen LogP contribution in [0.15, 0.2) is 0 Å². The molecular formula is C31H76N4O2. The summed E-state index contributed by atoms with van der Waals surface area (Å²) in [6, 6.07) is 0.582. The monoisotopic (exact) mass is 537 g/mol. The number of rotatable bonds is 24. The summed E-state index contributed by atoms with van der Waals surface area (Å²) >= 11 is 0. The first-order valence-electron chi connectivity index (χ1n) is 15.9. The van der Waals surface area contributed by atoms with Crippen molar-refractivity contribution in [1.82, 2.24) is 21.3 Å². The van der Waals surface area contributed by atoms with Crippen LogP contribution in [0.2, 0.25) is 0 Å². The van der Waals surface area contributed by atoms with Gasteiger partial charge in [-0.25, -0.2) is 0 Å². The average Bonchev–Trinajstić information content (AvgIpc) is 2.89. The van der Waals surface area contributed by atoms with Crippen molar-refractivity contribution in [2.45, 2.75) is 157 Å². The molecule has 6 nitrogen and oxygen atoms in total. The maximum Gasteiger partial charge on any atom is 0.219 e. The summed E-state index contributed by atoms with van der Waals surface area (Å²) in [4.78, 5) is 22.8. The molecule has 0 aliphatic carbocycles. The number of carbonyl (C=O) groups excluding carboxylic acids is 2. The van der Waals surface area contributed by atoms with Crippen LogP contribution in [0.3, 0.4) is 0 Å². The zero-order chi connectivity index (χ0) is 28.4. The fourth-order valence-electron chi connectivity index (χ4n) is 3.58. The van der Waals surface area contributed by atoms with E-state index in [1.807, 2.05) is 13.8 Å². The molecule has 0 aliphatic heterocycles. The van der Waals surface area contributed by atoms with Crippen LogP contribution in [0.1, 0.15) is 157 Å². The highest BCUT2D eigenvalue weighted by molar-refractivity contribution is 5.76. The van der Waals surface area contributed by atoms with E-state index in [-0.39, 0.29) is 17.5 Å². The van der Waals surface area contributed by atoms with E-state index in [1.54, 1.807) is 0 Å². The summed E-state index contributed by atoms with van der Waals surface area (Å²) < 4.78 is 0. The molecule has 0 aliphatic rings. The van der Waals surface area contributed by atoms with Gasteiger partial charge in [-0.3, -0.25) is 9.59 Å². The highest BCUT2D eigenvalue weighted by atomic mass is 16.2. The van der Waals surface area contributed by atoms with Crippen molar-refractivity contribution >= 4 is 11.8 Å². The number of unbranched alkanes of at least 4 members (excludes halogenated alkanes) is 10. The zero-order valence-electron chi connectivity index (χ0n) is 26.2. The van der Waals surface area contributed by atoms with Crippen molar-refractivity contribution in [2.75, 3.05) is 32.7 Å². The van der Waals surface area contributed by atoms with Crippen LogP contribution < -0.4 is 21.3 Å². The molecule has 0 aromatic carbocycles. The predicted octanol–water partition coefficient (Wildman–Crippen LogP) is 8.10. The zero-order valence-corrected chi connectivity index (χ0v) is 26.2. The molecule has 6 heteroatoms. The van der Waals surface area contributed by atoms with Gasteiger partial charge in [-0.1, -0.05) is 99.8 Å². The molecule has 0 heterocycles. The standard InChI is InChI=1S/C15H32N2O.C14H30N2O.C2H6.4H2/c1-4-5-9-13-17-15(18)11-8-6-7-10-12-16-14(2)3;1-3-5-13-16-14(17)11-9-7-6-8-10-12-15-4-2;1-2;;;;/h14,16H,4-13H2,1-3H3,(H,17,18);15H,3-13H2,1-2H3,(H,16,17);1-2H3;4*1H. The van der Waals surface area contributed by atoms with Crippen LogP contribution in [0.4, 0.5) is 0 Å². The summed E-state index contributed by atoms with van der Waals surface area (Å²) in [7, 11) is 0. The van der Waals surface area contributed by atoms with Crippen LogP contribution in [0, 0.1) is 0 Å². The molecule has 0 spiro atoms. The molecule has 0 aromatic rings. The van der Waals surface area contributed by atoms with Gasteiger partial charge in [0.15, 0.2) is 0 Å². The Balaban J connectivity index is -0.0000000973. The van der Waals surface area contributed by atoms with Crippen molar-refractivity contribution in [3.8, 4) is 0 Å². The van der Waals surface area contributed by atoms with Gasteiger partial charge >= 0.3 is 0 Å². The second kappa shape index (κ2) is 37.0. The molecule has 0 radical (unpaired) electrons. The first kappa shape index (κ1) is 40.4. The largest absolute Gasteiger partial charge is 0.356 e. The minimum atomic E-state index is 0. The summed E-state index contributed by atoms with van der Waals surface area (Å²) in [6.07, 6.45) is 17.8. The van der Waals surface area contributed by atoms with Gasteiger partial charge in [0.05, 0.1) is 0 Å². The minimum absolute atomic E-state index is 0. The van der Waals surface area contributed by atoms with Gasteiger partial charge in [-0.05, 0) is 58.2 Å². The predicted molar refractivity (Wildman–Crippen MR) is 173 cm³/mol. The third-order valence-corrected chi connectivity index (χ3v) is 5.85. The minimum Gasteiger partial charge on any atom is -0.356 e. The second-order valence-corrected chi connectivity index (χ2v) is 9.90. The van der Waals surface area contributed by atoms with Gasteiger partial charge in [0.2, 0.25) is 11.8 Å². The van der Waals surface area contributed by atoms with E-state index in [4.69, 9.17) is 0 Å². The molecule has 4 N–H and O–H groups in total. The van der Waals surface area contributed by atoms with E-state index in [1.165, 1.54) is 57.8 Å². The summed E-state index contributed by atoms with van der Waals surface area (Å²) in [5.74, 6) is 0.456. The van der Waals surface area contributed by atoms with E-state index in [0.29, 0.717) is 18.9 Å². The van der Waals surface area contributed by atoms with Gasteiger partial charge in [0.25, 0.3) is 0 Å².